The molecule has 0 aliphatic carbocycles. The van der Waals surface area contributed by atoms with E-state index in [1.165, 1.54) is 6.21 Å². The summed E-state index contributed by atoms with van der Waals surface area (Å²) in [6, 6.07) is 17.5. The Labute approximate surface area is 203 Å². The smallest absolute Gasteiger partial charge is 0.271 e. The van der Waals surface area contributed by atoms with Crippen LogP contribution < -0.4 is 19.6 Å². The Morgan fingerprint density at radius 2 is 1.52 bits per heavy atom. The third-order valence-corrected chi connectivity index (χ3v) is 4.94. The summed E-state index contributed by atoms with van der Waals surface area (Å²) in [5.74, 6) is 1.28. The number of hydrogen-bond donors (Lipinski definition) is 1. The number of carbonyl (C=O) groups is 1. The molecule has 0 aromatic heterocycles. The summed E-state index contributed by atoms with van der Waals surface area (Å²) in [5, 5.41) is 5.25. The van der Waals surface area contributed by atoms with E-state index in [4.69, 9.17) is 37.4 Å². The number of hydrazone groups is 1. The van der Waals surface area contributed by atoms with Gasteiger partial charge in [0.25, 0.3) is 5.91 Å². The first-order chi connectivity index (χ1) is 16.0. The van der Waals surface area contributed by atoms with Crippen molar-refractivity contribution in [2.24, 2.45) is 5.10 Å². The SMILES string of the molecule is CCOc1ccc(C(=O)N/N=C/c2cc(Cl)ccc2OCc2ccc(Cl)cc2)cc1OCC. The third kappa shape index (κ3) is 7.14. The molecule has 1 amide bonds. The van der Waals surface area contributed by atoms with Crippen LogP contribution in [0.3, 0.4) is 0 Å². The predicted octanol–water partition coefficient (Wildman–Crippen LogP) is 6.13. The number of amides is 1. The Hall–Kier alpha value is -3.22. The standard InChI is InChI=1S/C25H24Cl2N2O4/c1-3-31-23-11-7-18(14-24(23)32-4-2)25(30)29-28-15-19-13-21(27)10-12-22(19)33-16-17-5-8-20(26)9-6-17/h5-15H,3-4,16H2,1-2H3,(H,29,30)/b28-15+. The zero-order chi connectivity index (χ0) is 23.6. The highest BCUT2D eigenvalue weighted by atomic mass is 35.5. The lowest BCUT2D eigenvalue weighted by Crippen LogP contribution is -2.18. The molecule has 3 rings (SSSR count). The summed E-state index contributed by atoms with van der Waals surface area (Å²) in [6.45, 7) is 5.05. The molecule has 0 fully saturated rings. The van der Waals surface area contributed by atoms with E-state index in [-0.39, 0.29) is 5.91 Å². The Balaban J connectivity index is 1.69. The van der Waals surface area contributed by atoms with Crippen LogP contribution in [0, 0.1) is 0 Å². The van der Waals surface area contributed by atoms with Gasteiger partial charge in [0.2, 0.25) is 0 Å². The average molecular weight is 487 g/mol. The summed E-state index contributed by atoms with van der Waals surface area (Å²) in [6.07, 6.45) is 1.49. The van der Waals surface area contributed by atoms with Crippen molar-refractivity contribution in [3.63, 3.8) is 0 Å². The molecule has 33 heavy (non-hydrogen) atoms. The number of nitrogens with one attached hydrogen (secondary N) is 1. The zero-order valence-corrected chi connectivity index (χ0v) is 19.8. The van der Waals surface area contributed by atoms with E-state index in [2.05, 4.69) is 10.5 Å². The van der Waals surface area contributed by atoms with Gasteiger partial charge >= 0.3 is 0 Å². The van der Waals surface area contributed by atoms with Crippen molar-refractivity contribution in [3.8, 4) is 17.2 Å². The van der Waals surface area contributed by atoms with E-state index in [0.717, 1.165) is 5.56 Å². The van der Waals surface area contributed by atoms with Crippen LogP contribution in [0.1, 0.15) is 35.3 Å². The molecule has 3 aromatic carbocycles. The van der Waals surface area contributed by atoms with Gasteiger partial charge in [-0.2, -0.15) is 5.10 Å². The van der Waals surface area contributed by atoms with Crippen molar-refractivity contribution in [1.29, 1.82) is 0 Å². The van der Waals surface area contributed by atoms with E-state index in [0.29, 0.717) is 58.2 Å². The van der Waals surface area contributed by atoms with Crippen LogP contribution in [0.15, 0.2) is 65.8 Å². The van der Waals surface area contributed by atoms with Crippen LogP contribution in [0.4, 0.5) is 0 Å². The monoisotopic (exact) mass is 486 g/mol. The maximum absolute atomic E-state index is 12.6. The molecule has 0 saturated heterocycles. The molecule has 0 aliphatic heterocycles. The van der Waals surface area contributed by atoms with E-state index >= 15 is 0 Å². The molecule has 0 radical (unpaired) electrons. The first-order valence-corrected chi connectivity index (χ1v) is 11.2. The number of ether oxygens (including phenoxy) is 3. The number of nitrogens with zero attached hydrogens (tertiary/aromatic N) is 1. The Kier molecular flexibility index (Phi) is 8.98. The minimum Gasteiger partial charge on any atom is -0.490 e. The lowest BCUT2D eigenvalue weighted by Gasteiger charge is -2.12. The zero-order valence-electron chi connectivity index (χ0n) is 18.3. The van der Waals surface area contributed by atoms with Crippen molar-refractivity contribution in [2.75, 3.05) is 13.2 Å². The lowest BCUT2D eigenvalue weighted by molar-refractivity contribution is 0.0954. The van der Waals surface area contributed by atoms with Gasteiger partial charge in [0.05, 0.1) is 19.4 Å². The van der Waals surface area contributed by atoms with Crippen LogP contribution in [-0.2, 0) is 6.61 Å². The molecule has 0 spiro atoms. The van der Waals surface area contributed by atoms with Crippen molar-refractivity contribution >= 4 is 35.3 Å². The molecule has 0 aliphatic rings. The fourth-order valence-electron chi connectivity index (χ4n) is 2.91. The molecule has 0 bridgehead atoms. The Morgan fingerprint density at radius 1 is 0.848 bits per heavy atom. The molecule has 0 saturated carbocycles. The fourth-order valence-corrected chi connectivity index (χ4v) is 3.22. The first-order valence-electron chi connectivity index (χ1n) is 10.4. The van der Waals surface area contributed by atoms with Crippen LogP contribution in [0.25, 0.3) is 0 Å². The van der Waals surface area contributed by atoms with E-state index in [9.17, 15) is 4.79 Å². The second-order valence-electron chi connectivity index (χ2n) is 6.82. The molecule has 8 heteroatoms. The topological polar surface area (TPSA) is 69.2 Å². The highest BCUT2D eigenvalue weighted by Crippen LogP contribution is 2.28. The second-order valence-corrected chi connectivity index (χ2v) is 7.70. The number of rotatable bonds is 10. The van der Waals surface area contributed by atoms with E-state index in [1.807, 2.05) is 26.0 Å². The maximum atomic E-state index is 12.6. The highest BCUT2D eigenvalue weighted by Gasteiger charge is 2.11. The van der Waals surface area contributed by atoms with Gasteiger partial charge in [0.15, 0.2) is 11.5 Å². The normalized spacial score (nSPS) is 10.8. The van der Waals surface area contributed by atoms with Gasteiger partial charge < -0.3 is 14.2 Å². The summed E-state index contributed by atoms with van der Waals surface area (Å²) in [4.78, 5) is 12.6. The van der Waals surface area contributed by atoms with Crippen molar-refractivity contribution < 1.29 is 19.0 Å². The predicted molar refractivity (Wildman–Crippen MR) is 131 cm³/mol. The second kappa shape index (κ2) is 12.1. The van der Waals surface area contributed by atoms with Crippen molar-refractivity contribution in [2.45, 2.75) is 20.5 Å². The van der Waals surface area contributed by atoms with Crippen molar-refractivity contribution in [1.82, 2.24) is 5.43 Å². The van der Waals surface area contributed by atoms with Crippen LogP contribution in [0.5, 0.6) is 17.2 Å². The van der Waals surface area contributed by atoms with Gasteiger partial charge in [-0.15, -0.1) is 0 Å². The largest absolute Gasteiger partial charge is 0.490 e. The molecule has 0 unspecified atom stereocenters. The number of benzene rings is 3. The van der Waals surface area contributed by atoms with Gasteiger partial charge in [0.1, 0.15) is 12.4 Å². The minimum atomic E-state index is -0.388. The third-order valence-electron chi connectivity index (χ3n) is 4.45. The molecule has 0 atom stereocenters. The van der Waals surface area contributed by atoms with Crippen LogP contribution in [0.2, 0.25) is 10.0 Å². The van der Waals surface area contributed by atoms with Gasteiger partial charge in [-0.05, 0) is 67.9 Å². The molecule has 0 heterocycles. The van der Waals surface area contributed by atoms with Crippen LogP contribution in [-0.4, -0.2) is 25.3 Å². The molecule has 1 N–H and O–H groups in total. The lowest BCUT2D eigenvalue weighted by atomic mass is 10.2. The first kappa shape index (κ1) is 24.4. The minimum absolute atomic E-state index is 0.346. The molecular formula is C25H24Cl2N2O4. The fraction of sp³-hybridized carbons (Fsp3) is 0.200. The maximum Gasteiger partial charge on any atom is 0.271 e. The Bertz CT molecular complexity index is 1120. The average Bonchev–Trinajstić information content (AvgIpc) is 2.81. The van der Waals surface area contributed by atoms with Gasteiger partial charge in [-0.1, -0.05) is 35.3 Å². The van der Waals surface area contributed by atoms with Crippen molar-refractivity contribution in [3.05, 3.63) is 87.4 Å². The number of carbonyl (C=O) groups excluding carboxylic acids is 1. The van der Waals surface area contributed by atoms with Crippen LogP contribution >= 0.6 is 23.2 Å². The molecule has 172 valence electrons. The molecular weight excluding hydrogens is 463 g/mol. The van der Waals surface area contributed by atoms with Gasteiger partial charge in [0, 0.05) is 21.2 Å². The van der Waals surface area contributed by atoms with Gasteiger partial charge in [-0.3, -0.25) is 4.79 Å². The van der Waals surface area contributed by atoms with Gasteiger partial charge in [-0.25, -0.2) is 5.43 Å². The summed E-state index contributed by atoms with van der Waals surface area (Å²) >= 11 is 12.1. The quantitative estimate of drug-likeness (QED) is 0.276. The number of halogens is 2. The molecule has 6 nitrogen and oxygen atoms in total. The van der Waals surface area contributed by atoms with E-state index in [1.54, 1.807) is 48.5 Å². The summed E-state index contributed by atoms with van der Waals surface area (Å²) in [7, 11) is 0. The Morgan fingerprint density at radius 3 is 2.24 bits per heavy atom. The summed E-state index contributed by atoms with van der Waals surface area (Å²) < 4.78 is 17.0. The number of hydrogen-bond acceptors (Lipinski definition) is 5. The molecule has 3 aromatic rings. The van der Waals surface area contributed by atoms with E-state index < -0.39 is 0 Å². The highest BCUT2D eigenvalue weighted by molar-refractivity contribution is 6.31. The summed E-state index contributed by atoms with van der Waals surface area (Å²) in [5.41, 5.74) is 4.50.